The minimum Gasteiger partial charge on any atom is -0.493 e. The lowest BCUT2D eigenvalue weighted by Crippen LogP contribution is -1.99. The number of methoxy groups -OCH3 is 2. The van der Waals surface area contributed by atoms with Gasteiger partial charge in [-0.25, -0.2) is 0 Å². The number of nitrogens with zero attached hydrogens (tertiary/aromatic N) is 1. The fourth-order valence-corrected chi connectivity index (χ4v) is 3.25. The second-order valence-electron chi connectivity index (χ2n) is 8.35. The Hall–Kier alpha value is -2.77. The molecule has 1 unspecified atom stereocenters. The first-order valence-corrected chi connectivity index (χ1v) is 13.3. The predicted octanol–water partition coefficient (Wildman–Crippen LogP) is 9.09. The van der Waals surface area contributed by atoms with Gasteiger partial charge in [0.25, 0.3) is 0 Å². The molecule has 0 aliphatic heterocycles. The van der Waals surface area contributed by atoms with E-state index in [1.807, 2.05) is 39.8 Å². The van der Waals surface area contributed by atoms with Crippen LogP contribution < -0.4 is 9.47 Å². The van der Waals surface area contributed by atoms with Crippen molar-refractivity contribution in [3.05, 3.63) is 64.2 Å². The summed E-state index contributed by atoms with van der Waals surface area (Å²) in [5.41, 5.74) is 5.98. The molecule has 0 saturated heterocycles. The van der Waals surface area contributed by atoms with E-state index in [4.69, 9.17) is 14.6 Å². The van der Waals surface area contributed by atoms with Crippen LogP contribution in [0, 0.1) is 18.3 Å². The van der Waals surface area contributed by atoms with Crippen molar-refractivity contribution in [1.82, 2.24) is 0 Å². The Bertz CT molecular complexity index is 906. The second kappa shape index (κ2) is 21.5. The standard InChI is InChI=1S/C23H27NO2.C4H10O.C3H8.C2H6/c1-7-15(2)18-8-10-19(11-9-18)23(17(4)14-24)20-13-22(26-6)21(25-5)12-16(20)3;1-2-3-4-5;1-3-2;1-2/h8-13,15H,7H2,1-6H3;5H,2-4H2,1H3;3H2,1-2H3;1-2H3/b23-17+;;;. The first-order chi connectivity index (χ1) is 17.3. The van der Waals surface area contributed by atoms with Gasteiger partial charge in [-0.3, -0.25) is 0 Å². The number of allylic oxidation sites excluding steroid dienone is 1. The second-order valence-corrected chi connectivity index (χ2v) is 8.35. The molecule has 202 valence electrons. The van der Waals surface area contributed by atoms with Gasteiger partial charge in [0, 0.05) is 17.8 Å². The molecule has 0 fully saturated rings. The molecular weight excluding hydrogens is 446 g/mol. The molecule has 2 aromatic rings. The van der Waals surface area contributed by atoms with E-state index in [1.165, 1.54) is 12.0 Å². The first kappa shape index (κ1) is 35.4. The summed E-state index contributed by atoms with van der Waals surface area (Å²) >= 11 is 0. The summed E-state index contributed by atoms with van der Waals surface area (Å²) in [6, 6.07) is 14.7. The third-order valence-corrected chi connectivity index (χ3v) is 5.44. The lowest BCUT2D eigenvalue weighted by molar-refractivity contribution is 0.287. The fourth-order valence-electron chi connectivity index (χ4n) is 3.25. The molecule has 36 heavy (non-hydrogen) atoms. The van der Waals surface area contributed by atoms with Gasteiger partial charge in [0.2, 0.25) is 0 Å². The lowest BCUT2D eigenvalue weighted by Gasteiger charge is -2.17. The number of hydrogen-bond acceptors (Lipinski definition) is 4. The van der Waals surface area contributed by atoms with Crippen LogP contribution in [0.15, 0.2) is 42.0 Å². The summed E-state index contributed by atoms with van der Waals surface area (Å²) in [6.07, 6.45) is 4.39. The average molecular weight is 498 g/mol. The van der Waals surface area contributed by atoms with Crippen molar-refractivity contribution in [2.75, 3.05) is 20.8 Å². The molecule has 4 heteroatoms. The number of hydrogen-bond donors (Lipinski definition) is 1. The van der Waals surface area contributed by atoms with Crippen LogP contribution in [0.3, 0.4) is 0 Å². The molecule has 0 aliphatic carbocycles. The predicted molar refractivity (Wildman–Crippen MR) is 156 cm³/mol. The van der Waals surface area contributed by atoms with Gasteiger partial charge in [0.05, 0.1) is 20.3 Å². The minimum atomic E-state index is 0.344. The Kier molecular flexibility index (Phi) is 21.1. The van der Waals surface area contributed by atoms with Crippen LogP contribution in [0.25, 0.3) is 5.57 Å². The highest BCUT2D eigenvalue weighted by molar-refractivity contribution is 5.86. The summed E-state index contributed by atoms with van der Waals surface area (Å²) in [5.74, 6) is 1.87. The Labute approximate surface area is 222 Å². The maximum absolute atomic E-state index is 9.56. The van der Waals surface area contributed by atoms with E-state index >= 15 is 0 Å². The molecule has 0 heterocycles. The van der Waals surface area contributed by atoms with Gasteiger partial charge in [-0.15, -0.1) is 0 Å². The minimum absolute atomic E-state index is 0.344. The van der Waals surface area contributed by atoms with Gasteiger partial charge < -0.3 is 14.6 Å². The summed E-state index contributed by atoms with van der Waals surface area (Å²) < 4.78 is 10.9. The highest BCUT2D eigenvalue weighted by atomic mass is 16.5. The zero-order valence-electron chi connectivity index (χ0n) is 24.8. The summed E-state index contributed by atoms with van der Waals surface area (Å²) in [4.78, 5) is 0. The van der Waals surface area contributed by atoms with Crippen molar-refractivity contribution in [3.8, 4) is 17.6 Å². The highest BCUT2D eigenvalue weighted by Gasteiger charge is 2.16. The van der Waals surface area contributed by atoms with E-state index in [0.29, 0.717) is 29.6 Å². The number of ether oxygens (including phenoxy) is 2. The molecule has 4 nitrogen and oxygen atoms in total. The van der Waals surface area contributed by atoms with Crippen molar-refractivity contribution in [2.45, 2.75) is 93.9 Å². The largest absolute Gasteiger partial charge is 0.493 e. The molecule has 2 rings (SSSR count). The van der Waals surface area contributed by atoms with Crippen molar-refractivity contribution in [3.63, 3.8) is 0 Å². The number of aliphatic hydroxyl groups excluding tert-OH is 1. The van der Waals surface area contributed by atoms with Crippen molar-refractivity contribution in [2.24, 2.45) is 0 Å². The van der Waals surface area contributed by atoms with Crippen molar-refractivity contribution < 1.29 is 14.6 Å². The number of aryl methyl sites for hydroxylation is 1. The number of aliphatic hydroxyl groups is 1. The van der Waals surface area contributed by atoms with Crippen molar-refractivity contribution in [1.29, 1.82) is 5.26 Å². The van der Waals surface area contributed by atoms with Crippen LogP contribution >= 0.6 is 0 Å². The van der Waals surface area contributed by atoms with Crippen LogP contribution in [0.4, 0.5) is 0 Å². The number of nitriles is 1. The molecule has 0 spiro atoms. The van der Waals surface area contributed by atoms with Gasteiger partial charge in [0.15, 0.2) is 11.5 Å². The number of unbranched alkanes of at least 4 members (excludes halogenated alkanes) is 1. The first-order valence-electron chi connectivity index (χ1n) is 13.3. The maximum atomic E-state index is 9.56. The SMILES string of the molecule is CC.CCC.CCC(C)c1ccc(/C(=C(/C)C#N)c2cc(OC)c(OC)cc2C)cc1.CCCCO. The monoisotopic (exact) mass is 497 g/mol. The summed E-state index contributed by atoms with van der Waals surface area (Å²) in [5, 5.41) is 17.6. The molecule has 0 aromatic heterocycles. The van der Waals surface area contributed by atoms with Gasteiger partial charge >= 0.3 is 0 Å². The van der Waals surface area contributed by atoms with Crippen LogP contribution in [0.5, 0.6) is 11.5 Å². The Morgan fingerprint density at radius 1 is 0.972 bits per heavy atom. The van der Waals surface area contributed by atoms with Crippen LogP contribution in [-0.4, -0.2) is 25.9 Å². The Balaban J connectivity index is 0. The zero-order chi connectivity index (χ0) is 28.1. The van der Waals surface area contributed by atoms with Crippen LogP contribution in [0.2, 0.25) is 0 Å². The number of rotatable bonds is 8. The topological polar surface area (TPSA) is 62.5 Å². The van der Waals surface area contributed by atoms with Gasteiger partial charge in [0.1, 0.15) is 0 Å². The molecule has 1 N–H and O–H groups in total. The molecule has 1 atom stereocenters. The maximum Gasteiger partial charge on any atom is 0.161 e. The van der Waals surface area contributed by atoms with E-state index in [2.05, 4.69) is 65.0 Å². The van der Waals surface area contributed by atoms with E-state index in [9.17, 15) is 5.26 Å². The van der Waals surface area contributed by atoms with Crippen LogP contribution in [0.1, 0.15) is 109 Å². The lowest BCUT2D eigenvalue weighted by atomic mass is 9.89. The Morgan fingerprint density at radius 3 is 1.83 bits per heavy atom. The molecule has 0 bridgehead atoms. The quantitative estimate of drug-likeness (QED) is 0.369. The van der Waals surface area contributed by atoms with Crippen LogP contribution in [-0.2, 0) is 0 Å². The summed E-state index contributed by atoms with van der Waals surface area (Å²) in [6.45, 7) is 18.9. The average Bonchev–Trinajstić information content (AvgIpc) is 2.91. The van der Waals surface area contributed by atoms with E-state index in [-0.39, 0.29) is 0 Å². The van der Waals surface area contributed by atoms with Gasteiger partial charge in [-0.05, 0) is 67.0 Å². The highest BCUT2D eigenvalue weighted by Crippen LogP contribution is 2.37. The Morgan fingerprint density at radius 2 is 1.47 bits per heavy atom. The smallest absolute Gasteiger partial charge is 0.161 e. The molecular formula is C32H51NO3. The normalized spacial score (nSPS) is 11.1. The van der Waals surface area contributed by atoms with E-state index in [0.717, 1.165) is 41.5 Å². The molecule has 2 aromatic carbocycles. The van der Waals surface area contributed by atoms with Crippen molar-refractivity contribution >= 4 is 5.57 Å². The fraction of sp³-hybridized carbons (Fsp3) is 0.531. The van der Waals surface area contributed by atoms with E-state index < -0.39 is 0 Å². The van der Waals surface area contributed by atoms with Gasteiger partial charge in [-0.1, -0.05) is 85.6 Å². The molecule has 0 aliphatic rings. The third-order valence-electron chi connectivity index (χ3n) is 5.44. The molecule has 0 amide bonds. The summed E-state index contributed by atoms with van der Waals surface area (Å²) in [7, 11) is 3.25. The molecule has 0 radical (unpaired) electrons. The number of benzene rings is 2. The third kappa shape index (κ3) is 11.8. The van der Waals surface area contributed by atoms with Gasteiger partial charge in [-0.2, -0.15) is 5.26 Å². The zero-order valence-corrected chi connectivity index (χ0v) is 24.8. The molecule has 0 saturated carbocycles. The van der Waals surface area contributed by atoms with E-state index in [1.54, 1.807) is 14.2 Å².